The zero-order valence-electron chi connectivity index (χ0n) is 10.8. The maximum absolute atomic E-state index is 12.6. The zero-order chi connectivity index (χ0) is 13.9. The minimum Gasteiger partial charge on any atom is -0.322 e. The lowest BCUT2D eigenvalue weighted by atomic mass is 10.0. The van der Waals surface area contributed by atoms with Crippen LogP contribution in [0.5, 0.6) is 0 Å². The third kappa shape index (κ3) is 2.35. The molecule has 100 valence electrons. The minimum atomic E-state index is -0.181. The van der Waals surface area contributed by atoms with Crippen LogP contribution in [-0.2, 0) is 0 Å². The fraction of sp³-hybridized carbons (Fsp3) is 0.0625. The number of hydrogen-bond donors (Lipinski definition) is 1. The van der Waals surface area contributed by atoms with Crippen molar-refractivity contribution in [2.75, 3.05) is 4.90 Å². The highest BCUT2D eigenvalue weighted by atomic mass is 32.2. The minimum absolute atomic E-state index is 0.0127. The van der Waals surface area contributed by atoms with Crippen molar-refractivity contribution in [3.63, 3.8) is 0 Å². The topological polar surface area (TPSA) is 46.3 Å². The first-order valence-corrected chi connectivity index (χ1v) is 7.26. The molecule has 1 unspecified atom stereocenters. The van der Waals surface area contributed by atoms with Crippen molar-refractivity contribution >= 4 is 23.2 Å². The van der Waals surface area contributed by atoms with E-state index in [1.807, 2.05) is 71.1 Å². The molecule has 1 atom stereocenters. The van der Waals surface area contributed by atoms with E-state index in [1.54, 1.807) is 0 Å². The van der Waals surface area contributed by atoms with Gasteiger partial charge in [-0.2, -0.15) is 0 Å². The Labute approximate surface area is 122 Å². The predicted octanol–water partition coefficient (Wildman–Crippen LogP) is 3.18. The first kappa shape index (κ1) is 13.0. The second-order valence-corrected chi connectivity index (χ2v) is 5.46. The molecule has 0 saturated heterocycles. The number of ketones is 1. The van der Waals surface area contributed by atoms with E-state index in [4.69, 9.17) is 5.73 Å². The fourth-order valence-corrected chi connectivity index (χ4v) is 2.86. The molecule has 1 aliphatic heterocycles. The predicted molar refractivity (Wildman–Crippen MR) is 83.5 cm³/mol. The number of carbonyl (C=O) groups is 1. The molecule has 1 aliphatic rings. The Morgan fingerprint density at radius 3 is 2.45 bits per heavy atom. The van der Waals surface area contributed by atoms with Crippen molar-refractivity contribution in [2.45, 2.75) is 5.50 Å². The van der Waals surface area contributed by atoms with Gasteiger partial charge in [0.2, 0.25) is 0 Å². The highest BCUT2D eigenvalue weighted by molar-refractivity contribution is 8.03. The number of thioether (sulfide) groups is 1. The van der Waals surface area contributed by atoms with Crippen LogP contribution >= 0.6 is 11.8 Å². The van der Waals surface area contributed by atoms with Gasteiger partial charge in [0.1, 0.15) is 5.50 Å². The van der Waals surface area contributed by atoms with Gasteiger partial charge in [0.25, 0.3) is 0 Å². The largest absolute Gasteiger partial charge is 0.322 e. The van der Waals surface area contributed by atoms with Crippen molar-refractivity contribution in [1.29, 1.82) is 0 Å². The van der Waals surface area contributed by atoms with Gasteiger partial charge in [0, 0.05) is 17.3 Å². The lowest BCUT2D eigenvalue weighted by molar-refractivity contribution is 0.103. The summed E-state index contributed by atoms with van der Waals surface area (Å²) in [6.07, 6.45) is 1.91. The molecule has 0 aromatic heterocycles. The summed E-state index contributed by atoms with van der Waals surface area (Å²) in [6.45, 7) is 0. The van der Waals surface area contributed by atoms with Gasteiger partial charge in [-0.15, -0.1) is 0 Å². The summed E-state index contributed by atoms with van der Waals surface area (Å²) < 4.78 is 0. The number of anilines is 1. The molecule has 0 aliphatic carbocycles. The molecule has 0 fully saturated rings. The maximum atomic E-state index is 12.6. The van der Waals surface area contributed by atoms with Crippen LogP contribution in [0, 0.1) is 0 Å². The zero-order valence-corrected chi connectivity index (χ0v) is 11.6. The van der Waals surface area contributed by atoms with Gasteiger partial charge in [-0.3, -0.25) is 4.79 Å². The number of nitrogens with zero attached hydrogens (tertiary/aromatic N) is 1. The van der Waals surface area contributed by atoms with Crippen LogP contribution in [0.25, 0.3) is 0 Å². The van der Waals surface area contributed by atoms with E-state index in [-0.39, 0.29) is 11.3 Å². The van der Waals surface area contributed by atoms with Crippen LogP contribution in [0.2, 0.25) is 0 Å². The fourth-order valence-electron chi connectivity index (χ4n) is 2.18. The lowest BCUT2D eigenvalue weighted by Gasteiger charge is -2.23. The van der Waals surface area contributed by atoms with Crippen molar-refractivity contribution in [1.82, 2.24) is 0 Å². The van der Waals surface area contributed by atoms with E-state index >= 15 is 0 Å². The third-order valence-corrected chi connectivity index (χ3v) is 3.96. The van der Waals surface area contributed by atoms with Crippen molar-refractivity contribution in [3.05, 3.63) is 77.3 Å². The van der Waals surface area contributed by atoms with Gasteiger partial charge in [0.15, 0.2) is 5.78 Å². The summed E-state index contributed by atoms with van der Waals surface area (Å²) in [5.74, 6) is 0.0127. The summed E-state index contributed by atoms with van der Waals surface area (Å²) in [5, 5.41) is 1.94. The number of carbonyl (C=O) groups excluding carboxylic acids is 1. The Balaban J connectivity index is 2.02. The van der Waals surface area contributed by atoms with Crippen LogP contribution in [0.3, 0.4) is 0 Å². The first-order chi connectivity index (χ1) is 9.77. The van der Waals surface area contributed by atoms with Crippen LogP contribution < -0.4 is 10.6 Å². The molecule has 1 heterocycles. The van der Waals surface area contributed by atoms with Crippen LogP contribution in [0.1, 0.15) is 15.9 Å². The molecule has 0 radical (unpaired) electrons. The summed E-state index contributed by atoms with van der Waals surface area (Å²) in [5.41, 5.74) is 8.05. The normalized spacial score (nSPS) is 17.4. The summed E-state index contributed by atoms with van der Waals surface area (Å²) in [6, 6.07) is 16.8. The number of rotatable bonds is 3. The van der Waals surface area contributed by atoms with Gasteiger partial charge in [-0.25, -0.2) is 0 Å². The Hall–Kier alpha value is -2.04. The molecule has 20 heavy (non-hydrogen) atoms. The second kappa shape index (κ2) is 5.53. The highest BCUT2D eigenvalue weighted by Gasteiger charge is 2.22. The Bertz CT molecular complexity index is 655. The van der Waals surface area contributed by atoms with E-state index in [9.17, 15) is 4.79 Å². The third-order valence-electron chi connectivity index (χ3n) is 3.18. The van der Waals surface area contributed by atoms with Crippen molar-refractivity contribution < 1.29 is 4.79 Å². The average Bonchev–Trinajstić information content (AvgIpc) is 2.93. The average molecular weight is 282 g/mol. The van der Waals surface area contributed by atoms with Gasteiger partial charge in [0.05, 0.1) is 5.69 Å². The van der Waals surface area contributed by atoms with Gasteiger partial charge < -0.3 is 10.6 Å². The molecular weight excluding hydrogens is 268 g/mol. The van der Waals surface area contributed by atoms with Crippen LogP contribution in [-0.4, -0.2) is 11.3 Å². The number of benzene rings is 2. The number of hydrogen-bond acceptors (Lipinski definition) is 4. The van der Waals surface area contributed by atoms with Crippen LogP contribution in [0.15, 0.2) is 66.2 Å². The van der Waals surface area contributed by atoms with Gasteiger partial charge in [-0.05, 0) is 17.5 Å². The number of nitrogens with two attached hydrogens (primary N) is 1. The highest BCUT2D eigenvalue weighted by Crippen LogP contribution is 2.31. The second-order valence-electron chi connectivity index (χ2n) is 4.43. The monoisotopic (exact) mass is 282 g/mol. The van der Waals surface area contributed by atoms with Gasteiger partial charge >= 0.3 is 0 Å². The maximum Gasteiger partial charge on any atom is 0.195 e. The Morgan fingerprint density at radius 1 is 1.05 bits per heavy atom. The molecule has 0 saturated carbocycles. The van der Waals surface area contributed by atoms with Gasteiger partial charge in [-0.1, -0.05) is 54.2 Å². The smallest absolute Gasteiger partial charge is 0.195 e. The molecule has 0 amide bonds. The quantitative estimate of drug-likeness (QED) is 0.878. The van der Waals surface area contributed by atoms with Crippen molar-refractivity contribution in [3.8, 4) is 0 Å². The molecular formula is C16H14N2OS. The molecule has 2 aromatic rings. The molecule has 2 N–H and O–H groups in total. The molecule has 0 spiro atoms. The Morgan fingerprint density at radius 2 is 1.75 bits per heavy atom. The molecule has 2 aromatic carbocycles. The first-order valence-electron chi connectivity index (χ1n) is 6.32. The van der Waals surface area contributed by atoms with Crippen LogP contribution in [0.4, 0.5) is 5.69 Å². The SMILES string of the molecule is NC1SC=CN1c1ccccc1C(=O)c1ccccc1. The lowest BCUT2D eigenvalue weighted by Crippen LogP contribution is -2.33. The van der Waals surface area contributed by atoms with E-state index in [2.05, 4.69) is 0 Å². The standard InChI is InChI=1S/C16H14N2OS/c17-16-18(10-11-20-16)14-9-5-4-8-13(14)15(19)12-6-2-1-3-7-12/h1-11,16H,17H2. The number of para-hydroxylation sites is 1. The molecule has 3 nitrogen and oxygen atoms in total. The molecule has 4 heteroatoms. The van der Waals surface area contributed by atoms with E-state index < -0.39 is 0 Å². The van der Waals surface area contributed by atoms with E-state index in [0.29, 0.717) is 11.1 Å². The summed E-state index contributed by atoms with van der Waals surface area (Å²) >= 11 is 1.53. The van der Waals surface area contributed by atoms with E-state index in [1.165, 1.54) is 11.8 Å². The molecule has 0 bridgehead atoms. The van der Waals surface area contributed by atoms with Crippen molar-refractivity contribution in [2.24, 2.45) is 5.73 Å². The molecule has 3 rings (SSSR count). The Kier molecular flexibility index (Phi) is 3.58. The summed E-state index contributed by atoms with van der Waals surface area (Å²) in [7, 11) is 0. The summed E-state index contributed by atoms with van der Waals surface area (Å²) in [4.78, 5) is 14.5. The van der Waals surface area contributed by atoms with E-state index in [0.717, 1.165) is 5.69 Å².